The molecule has 8 atom stereocenters. The zero-order chi connectivity index (χ0) is 34.2. The van der Waals surface area contributed by atoms with Gasteiger partial charge in [-0.05, 0) is 42.5 Å². The van der Waals surface area contributed by atoms with Crippen LogP contribution in [0.1, 0.15) is 40.2 Å². The van der Waals surface area contributed by atoms with E-state index in [1.165, 1.54) is 13.8 Å². The highest BCUT2D eigenvalue weighted by Crippen LogP contribution is 2.46. The molecule has 250 valence electrons. The molecule has 2 aromatic rings. The largest absolute Gasteiger partial charge is 0.460 e. The van der Waals surface area contributed by atoms with E-state index in [0.29, 0.717) is 9.13 Å². The van der Waals surface area contributed by atoms with E-state index in [4.69, 9.17) is 30.4 Å². The number of esters is 2. The summed E-state index contributed by atoms with van der Waals surface area (Å²) in [6.07, 6.45) is -11.9. The quantitative estimate of drug-likeness (QED) is 0.172. The van der Waals surface area contributed by atoms with Crippen LogP contribution in [0.3, 0.4) is 0 Å². The summed E-state index contributed by atoms with van der Waals surface area (Å²) in [5, 5.41) is 18.8. The summed E-state index contributed by atoms with van der Waals surface area (Å²) in [5.41, 5.74) is 8.66. The molecule has 6 N–H and O–H groups in total. The van der Waals surface area contributed by atoms with Crippen LogP contribution in [-0.4, -0.2) is 89.7 Å². The molecule has 0 bridgehead atoms. The van der Waals surface area contributed by atoms with Crippen molar-refractivity contribution in [2.75, 3.05) is 11.5 Å². The number of anilines is 2. The highest BCUT2D eigenvalue weighted by atomic mass is 127. The molecule has 2 unspecified atom stereocenters. The lowest BCUT2D eigenvalue weighted by molar-refractivity contribution is -0.176. The summed E-state index contributed by atoms with van der Waals surface area (Å²) in [6.45, 7) is 4.57. The van der Waals surface area contributed by atoms with Gasteiger partial charge in [0.05, 0.1) is 9.67 Å². The molecule has 4 rings (SSSR count). The molecule has 0 amide bonds. The monoisotopic (exact) mass is 764 g/mol. The second kappa shape index (κ2) is 13.5. The highest BCUT2D eigenvalue weighted by molar-refractivity contribution is 14.1. The second-order valence-electron chi connectivity index (χ2n) is 9.99. The number of rotatable bonds is 6. The van der Waals surface area contributed by atoms with Crippen LogP contribution in [-0.2, 0) is 28.5 Å². The lowest BCUT2D eigenvalue weighted by Crippen LogP contribution is -2.46. The van der Waals surface area contributed by atoms with E-state index < -0.39 is 84.2 Å². The summed E-state index contributed by atoms with van der Waals surface area (Å²) in [4.78, 5) is 52.7. The summed E-state index contributed by atoms with van der Waals surface area (Å²) >= 11 is 1.72. The molecule has 2 fully saturated rings. The lowest BCUT2D eigenvalue weighted by Gasteiger charge is -2.25. The summed E-state index contributed by atoms with van der Waals surface area (Å²) in [6, 6.07) is 1.16. The van der Waals surface area contributed by atoms with Crippen molar-refractivity contribution < 1.29 is 56.3 Å². The molecule has 4 heterocycles. The van der Waals surface area contributed by atoms with Gasteiger partial charge in [0.1, 0.15) is 29.9 Å². The maximum absolute atomic E-state index is 14.9. The Morgan fingerprint density at radius 1 is 1.00 bits per heavy atom. The topological polar surface area (TPSA) is 233 Å². The van der Waals surface area contributed by atoms with Gasteiger partial charge in [0.2, 0.25) is 12.5 Å². The zero-order valence-corrected chi connectivity index (χ0v) is 26.0. The van der Waals surface area contributed by atoms with Crippen LogP contribution in [0, 0.1) is 3.57 Å². The van der Waals surface area contributed by atoms with Crippen molar-refractivity contribution in [2.24, 2.45) is 0 Å². The number of nitrogens with zero attached hydrogens (tertiary/aromatic N) is 4. The van der Waals surface area contributed by atoms with Crippen LogP contribution < -0.4 is 22.8 Å². The first kappa shape index (κ1) is 36.1. The van der Waals surface area contributed by atoms with Crippen LogP contribution in [0.2, 0.25) is 0 Å². The molecule has 16 nitrogen and oxygen atoms in total. The molecule has 2 aromatic heterocycles. The van der Waals surface area contributed by atoms with Crippen molar-refractivity contribution >= 4 is 46.2 Å². The van der Waals surface area contributed by atoms with E-state index in [9.17, 15) is 47.0 Å². The van der Waals surface area contributed by atoms with Gasteiger partial charge >= 0.3 is 35.2 Å². The standard InChI is InChI=1S/C14H16F2IN3O6.C10H13F2N3O4/c1-5(24-6(2)21)9-10(25-7(3)22)14(15,16)12(26-9)20-4-8(17)11(18)19-13(20)23;1-4(16)6-7(17)10(11,12)8(19-6)15-3-2-5(13)14-9(15)18/h4-5,9-10,12H,1-3H3,(H2,18,19,23);2-4,6-8,16-17H,1H3,(H2,13,14,18)/t5?,9-,10-,12-;4?,6-,7-,8-/m11/s1. The third-order valence-corrected chi connectivity index (χ3v) is 7.32. The molecule has 45 heavy (non-hydrogen) atoms. The van der Waals surface area contributed by atoms with Gasteiger partial charge in [-0.1, -0.05) is 0 Å². The fraction of sp³-hybridized carbons (Fsp3) is 0.583. The minimum absolute atomic E-state index is 0.116. The average molecular weight is 764 g/mol. The van der Waals surface area contributed by atoms with E-state index in [-0.39, 0.29) is 15.2 Å². The SMILES string of the molecule is CC(=O)OC(C)[C@H]1O[C@@H](n2cc(I)c(N)nc2=O)C(F)(F)[C@@H]1OC(C)=O.CC(O)[C@H]1O[C@@H](n2ccc(N)nc2=O)C(F)(F)[C@@H]1O. The second-order valence-corrected chi connectivity index (χ2v) is 11.2. The third kappa shape index (κ3) is 7.53. The molecule has 0 radical (unpaired) electrons. The molecule has 0 saturated carbocycles. The predicted molar refractivity (Wildman–Crippen MR) is 151 cm³/mol. The number of halogens is 5. The van der Waals surface area contributed by atoms with Gasteiger partial charge < -0.3 is 40.6 Å². The number of carbonyl (C=O) groups excluding carboxylic acids is 2. The van der Waals surface area contributed by atoms with Crippen LogP contribution >= 0.6 is 22.6 Å². The maximum Gasteiger partial charge on any atom is 0.351 e. The third-order valence-electron chi connectivity index (χ3n) is 6.49. The number of nitrogens with two attached hydrogens (primary N) is 2. The number of hydrogen-bond donors (Lipinski definition) is 4. The summed E-state index contributed by atoms with van der Waals surface area (Å²) < 4.78 is 78.7. The number of carbonyl (C=O) groups is 2. The number of nitrogen functional groups attached to an aromatic ring is 2. The van der Waals surface area contributed by atoms with Crippen LogP contribution in [0.25, 0.3) is 0 Å². The van der Waals surface area contributed by atoms with E-state index >= 15 is 0 Å². The number of aliphatic hydroxyl groups is 2. The Morgan fingerprint density at radius 2 is 1.56 bits per heavy atom. The molecule has 2 aliphatic rings. The fourth-order valence-corrected chi connectivity index (χ4v) is 4.89. The minimum atomic E-state index is -3.80. The van der Waals surface area contributed by atoms with Gasteiger partial charge in [-0.15, -0.1) is 0 Å². The molecular weight excluding hydrogens is 735 g/mol. The van der Waals surface area contributed by atoms with Gasteiger partial charge in [0.25, 0.3) is 0 Å². The van der Waals surface area contributed by atoms with Gasteiger partial charge in [-0.25, -0.2) is 9.59 Å². The Morgan fingerprint density at radius 3 is 2.07 bits per heavy atom. The fourth-order valence-electron chi connectivity index (χ4n) is 4.47. The highest BCUT2D eigenvalue weighted by Gasteiger charge is 2.64. The van der Waals surface area contributed by atoms with Crippen molar-refractivity contribution in [1.29, 1.82) is 0 Å². The zero-order valence-electron chi connectivity index (χ0n) is 23.8. The number of aromatic nitrogens is 4. The van der Waals surface area contributed by atoms with Crippen molar-refractivity contribution in [2.45, 2.75) is 88.6 Å². The Hall–Kier alpha value is -3.41. The van der Waals surface area contributed by atoms with Crippen molar-refractivity contribution in [3.8, 4) is 0 Å². The van der Waals surface area contributed by atoms with E-state index in [1.54, 1.807) is 22.6 Å². The van der Waals surface area contributed by atoms with Gasteiger partial charge in [0, 0.05) is 26.2 Å². The van der Waals surface area contributed by atoms with E-state index in [2.05, 4.69) is 9.97 Å². The smallest absolute Gasteiger partial charge is 0.351 e. The van der Waals surface area contributed by atoms with Crippen molar-refractivity contribution in [3.63, 3.8) is 0 Å². The molecular formula is C24H29F4IN6O10. The summed E-state index contributed by atoms with van der Waals surface area (Å²) in [5.74, 6) is -9.46. The Kier molecular flexibility index (Phi) is 10.8. The molecule has 21 heteroatoms. The van der Waals surface area contributed by atoms with Gasteiger partial charge in [-0.3, -0.25) is 18.7 Å². The predicted octanol–water partition coefficient (Wildman–Crippen LogP) is -0.0540. The number of aliphatic hydroxyl groups excluding tert-OH is 2. The van der Waals surface area contributed by atoms with E-state index in [0.717, 1.165) is 32.3 Å². The normalized spacial score (nSPS) is 28.0. The number of hydrogen-bond acceptors (Lipinski definition) is 14. The minimum Gasteiger partial charge on any atom is -0.460 e. The Labute approximate surface area is 264 Å². The molecule has 2 aliphatic heterocycles. The maximum atomic E-state index is 14.9. The Bertz CT molecular complexity index is 1540. The van der Waals surface area contributed by atoms with Crippen LogP contribution in [0.15, 0.2) is 28.0 Å². The lowest BCUT2D eigenvalue weighted by atomic mass is 10.1. The van der Waals surface area contributed by atoms with Crippen molar-refractivity contribution in [1.82, 2.24) is 19.1 Å². The van der Waals surface area contributed by atoms with E-state index in [1.807, 2.05) is 0 Å². The van der Waals surface area contributed by atoms with Crippen LogP contribution in [0.4, 0.5) is 29.2 Å². The number of alkyl halides is 4. The first-order chi connectivity index (χ1) is 20.7. The van der Waals surface area contributed by atoms with Gasteiger partial charge in [-0.2, -0.15) is 27.5 Å². The molecule has 0 spiro atoms. The summed E-state index contributed by atoms with van der Waals surface area (Å²) in [7, 11) is 0. The first-order valence-corrected chi connectivity index (χ1v) is 13.9. The first-order valence-electron chi connectivity index (χ1n) is 12.9. The average Bonchev–Trinajstić information content (AvgIpc) is 3.30. The van der Waals surface area contributed by atoms with Crippen LogP contribution in [0.5, 0.6) is 0 Å². The Balaban J connectivity index is 0.000000257. The molecule has 0 aromatic carbocycles. The molecule has 2 saturated heterocycles. The molecule has 0 aliphatic carbocycles. The number of ether oxygens (including phenoxy) is 4. The van der Waals surface area contributed by atoms with Gasteiger partial charge in [0.15, 0.2) is 12.2 Å². The van der Waals surface area contributed by atoms with Crippen molar-refractivity contribution in [3.05, 3.63) is 43.0 Å².